The number of hydrogen-bond donors (Lipinski definition) is 2. The Balaban J connectivity index is 1.58. The number of nitrogens with zero attached hydrogens (tertiary/aromatic N) is 2. The van der Waals surface area contributed by atoms with E-state index in [0.717, 1.165) is 28.8 Å². The number of benzene rings is 2. The summed E-state index contributed by atoms with van der Waals surface area (Å²) in [6.07, 6.45) is 3.21. The summed E-state index contributed by atoms with van der Waals surface area (Å²) in [5.74, 6) is -0.142. The first-order valence-electron chi connectivity index (χ1n) is 10.0. The van der Waals surface area contributed by atoms with E-state index in [1.165, 1.54) is 6.26 Å². The third kappa shape index (κ3) is 4.46. The number of aryl methyl sites for hydroxylation is 1. The standard InChI is InChI=1S/C22H23N3O5S/c1-3-13-4-5-15(12-19(13)31(2,28)29)22-24-21(25-30-22)14-6-8-18-16(10-14)11-17(23-18)7-9-20(26)27/h4-6,8,10,12,17,23H,3,7,9,11H2,1-2H3,(H,26,27). The summed E-state index contributed by atoms with van der Waals surface area (Å²) in [4.78, 5) is 15.5. The molecule has 8 nitrogen and oxygen atoms in total. The van der Waals surface area contributed by atoms with Gasteiger partial charge in [-0.25, -0.2) is 8.42 Å². The zero-order chi connectivity index (χ0) is 22.2. The molecule has 3 aromatic rings. The Kier molecular flexibility index (Phi) is 5.53. The molecule has 0 bridgehead atoms. The SMILES string of the molecule is CCc1ccc(-c2nc(-c3ccc4c(c3)CC(CCC(=O)O)N4)no2)cc1S(C)(=O)=O. The summed E-state index contributed by atoms with van der Waals surface area (Å²) in [6.45, 7) is 1.91. The highest BCUT2D eigenvalue weighted by atomic mass is 32.2. The summed E-state index contributed by atoms with van der Waals surface area (Å²) in [6, 6.07) is 11.0. The van der Waals surface area contributed by atoms with Crippen molar-refractivity contribution in [3.63, 3.8) is 0 Å². The lowest BCUT2D eigenvalue weighted by Crippen LogP contribution is -2.16. The van der Waals surface area contributed by atoms with E-state index in [4.69, 9.17) is 9.63 Å². The molecule has 9 heteroatoms. The second-order valence-corrected chi connectivity index (χ2v) is 9.71. The monoisotopic (exact) mass is 441 g/mol. The normalized spacial score (nSPS) is 15.5. The molecule has 162 valence electrons. The molecule has 1 aromatic heterocycles. The number of sulfone groups is 1. The molecule has 2 N–H and O–H groups in total. The fourth-order valence-corrected chi connectivity index (χ4v) is 4.86. The second kappa shape index (κ2) is 8.14. The number of aliphatic carboxylic acids is 1. The minimum atomic E-state index is -3.38. The molecule has 1 atom stereocenters. The van der Waals surface area contributed by atoms with Crippen molar-refractivity contribution < 1.29 is 22.8 Å². The topological polar surface area (TPSA) is 122 Å². The highest BCUT2D eigenvalue weighted by Gasteiger charge is 2.23. The molecule has 1 aliphatic heterocycles. The van der Waals surface area contributed by atoms with Crippen molar-refractivity contribution in [1.82, 2.24) is 10.1 Å². The van der Waals surface area contributed by atoms with Gasteiger partial charge in [0.05, 0.1) is 4.90 Å². The summed E-state index contributed by atoms with van der Waals surface area (Å²) < 4.78 is 29.7. The predicted octanol–water partition coefficient (Wildman–Crippen LogP) is 3.57. The van der Waals surface area contributed by atoms with Gasteiger partial charge in [0.15, 0.2) is 9.84 Å². The van der Waals surface area contributed by atoms with Crippen molar-refractivity contribution in [2.75, 3.05) is 11.6 Å². The van der Waals surface area contributed by atoms with E-state index in [9.17, 15) is 13.2 Å². The van der Waals surface area contributed by atoms with Gasteiger partial charge in [-0.05, 0) is 60.7 Å². The van der Waals surface area contributed by atoms with Crippen LogP contribution in [-0.2, 0) is 27.5 Å². The van der Waals surface area contributed by atoms with Gasteiger partial charge in [-0.15, -0.1) is 0 Å². The Morgan fingerprint density at radius 1 is 1.23 bits per heavy atom. The molecule has 0 saturated heterocycles. The van der Waals surface area contributed by atoms with Gasteiger partial charge < -0.3 is 14.9 Å². The van der Waals surface area contributed by atoms with E-state index in [2.05, 4.69) is 15.5 Å². The smallest absolute Gasteiger partial charge is 0.303 e. The molecule has 4 rings (SSSR count). The van der Waals surface area contributed by atoms with Crippen molar-refractivity contribution in [3.8, 4) is 22.8 Å². The average molecular weight is 442 g/mol. The lowest BCUT2D eigenvalue weighted by atomic mass is 10.0. The van der Waals surface area contributed by atoms with Crippen LogP contribution in [0.1, 0.15) is 30.9 Å². The van der Waals surface area contributed by atoms with Crippen LogP contribution in [0.3, 0.4) is 0 Å². The quantitative estimate of drug-likeness (QED) is 0.570. The molecule has 2 heterocycles. The van der Waals surface area contributed by atoms with Gasteiger partial charge in [-0.2, -0.15) is 4.98 Å². The van der Waals surface area contributed by atoms with Crippen LogP contribution in [0.2, 0.25) is 0 Å². The first-order valence-corrected chi connectivity index (χ1v) is 11.9. The minimum Gasteiger partial charge on any atom is -0.481 e. The molecule has 0 spiro atoms. The maximum atomic E-state index is 12.1. The molecule has 0 fully saturated rings. The highest BCUT2D eigenvalue weighted by Crippen LogP contribution is 2.32. The average Bonchev–Trinajstić information content (AvgIpc) is 3.37. The van der Waals surface area contributed by atoms with Crippen LogP contribution in [-0.4, -0.2) is 41.9 Å². The van der Waals surface area contributed by atoms with Gasteiger partial charge in [0, 0.05) is 35.5 Å². The number of fused-ring (bicyclic) bond motifs is 1. The number of nitrogens with one attached hydrogen (secondary N) is 1. The van der Waals surface area contributed by atoms with Crippen LogP contribution in [0.15, 0.2) is 45.8 Å². The molecular weight excluding hydrogens is 418 g/mol. The van der Waals surface area contributed by atoms with E-state index < -0.39 is 15.8 Å². The molecule has 0 amide bonds. The number of aromatic nitrogens is 2. The van der Waals surface area contributed by atoms with E-state index in [1.807, 2.05) is 25.1 Å². The van der Waals surface area contributed by atoms with Crippen molar-refractivity contribution in [2.24, 2.45) is 0 Å². The number of anilines is 1. The maximum Gasteiger partial charge on any atom is 0.303 e. The van der Waals surface area contributed by atoms with Crippen LogP contribution >= 0.6 is 0 Å². The van der Waals surface area contributed by atoms with Crippen LogP contribution in [0.5, 0.6) is 0 Å². The third-order valence-electron chi connectivity index (χ3n) is 5.42. The number of carbonyl (C=O) groups is 1. The van der Waals surface area contributed by atoms with Crippen LogP contribution < -0.4 is 5.32 Å². The van der Waals surface area contributed by atoms with Crippen molar-refractivity contribution in [2.45, 2.75) is 43.5 Å². The Labute approximate surface area is 180 Å². The Morgan fingerprint density at radius 2 is 2.00 bits per heavy atom. The lowest BCUT2D eigenvalue weighted by Gasteiger charge is -2.08. The molecule has 0 aliphatic carbocycles. The summed E-state index contributed by atoms with van der Waals surface area (Å²) in [7, 11) is -3.38. The second-order valence-electron chi connectivity index (χ2n) is 7.72. The van der Waals surface area contributed by atoms with Crippen molar-refractivity contribution in [3.05, 3.63) is 47.5 Å². The largest absolute Gasteiger partial charge is 0.481 e. The molecule has 1 unspecified atom stereocenters. The molecule has 1 aliphatic rings. The van der Waals surface area contributed by atoms with E-state index >= 15 is 0 Å². The van der Waals surface area contributed by atoms with Crippen LogP contribution in [0, 0.1) is 0 Å². The number of carboxylic acid groups (broad SMARTS) is 1. The molecule has 2 aromatic carbocycles. The predicted molar refractivity (Wildman–Crippen MR) is 116 cm³/mol. The molecule has 0 radical (unpaired) electrons. The number of hydrogen-bond acceptors (Lipinski definition) is 7. The summed E-state index contributed by atoms with van der Waals surface area (Å²) in [5, 5.41) is 16.3. The first kappa shape index (κ1) is 21.0. The highest BCUT2D eigenvalue weighted by molar-refractivity contribution is 7.90. The zero-order valence-electron chi connectivity index (χ0n) is 17.3. The first-order chi connectivity index (χ1) is 14.7. The van der Waals surface area contributed by atoms with Crippen LogP contribution in [0.25, 0.3) is 22.8 Å². The molecule has 0 saturated carbocycles. The van der Waals surface area contributed by atoms with E-state index in [0.29, 0.717) is 24.2 Å². The van der Waals surface area contributed by atoms with Gasteiger partial charge in [-0.3, -0.25) is 4.79 Å². The van der Waals surface area contributed by atoms with Crippen LogP contribution in [0.4, 0.5) is 5.69 Å². The lowest BCUT2D eigenvalue weighted by molar-refractivity contribution is -0.137. The van der Waals surface area contributed by atoms with Crippen molar-refractivity contribution >= 4 is 21.5 Å². The van der Waals surface area contributed by atoms with Gasteiger partial charge in [0.2, 0.25) is 5.82 Å². The van der Waals surface area contributed by atoms with Crippen molar-refractivity contribution in [1.29, 1.82) is 0 Å². The van der Waals surface area contributed by atoms with Gasteiger partial charge >= 0.3 is 5.97 Å². The fraction of sp³-hybridized carbons (Fsp3) is 0.318. The number of carboxylic acids is 1. The Bertz CT molecular complexity index is 1250. The van der Waals surface area contributed by atoms with E-state index in [-0.39, 0.29) is 23.2 Å². The maximum absolute atomic E-state index is 12.1. The van der Waals surface area contributed by atoms with E-state index in [1.54, 1.807) is 18.2 Å². The summed E-state index contributed by atoms with van der Waals surface area (Å²) in [5.41, 5.74) is 4.13. The zero-order valence-corrected chi connectivity index (χ0v) is 18.1. The van der Waals surface area contributed by atoms with Gasteiger partial charge in [-0.1, -0.05) is 18.1 Å². The Morgan fingerprint density at radius 3 is 2.71 bits per heavy atom. The number of rotatable bonds is 7. The minimum absolute atomic E-state index is 0.0914. The molecule has 31 heavy (non-hydrogen) atoms. The molecular formula is C22H23N3O5S. The third-order valence-corrected chi connectivity index (χ3v) is 6.60. The summed E-state index contributed by atoms with van der Waals surface area (Å²) >= 11 is 0. The van der Waals surface area contributed by atoms with Gasteiger partial charge in [0.25, 0.3) is 5.89 Å². The fourth-order valence-electron chi connectivity index (χ4n) is 3.83. The Hall–Kier alpha value is -3.20. The van der Waals surface area contributed by atoms with Gasteiger partial charge in [0.1, 0.15) is 0 Å².